The third kappa shape index (κ3) is 3.46. The van der Waals surface area contributed by atoms with Crippen molar-refractivity contribution in [3.63, 3.8) is 0 Å². The Morgan fingerprint density at radius 3 is 2.92 bits per heavy atom. The van der Waals surface area contributed by atoms with Crippen LogP contribution in [0.15, 0.2) is 0 Å². The lowest BCUT2D eigenvalue weighted by atomic mass is 10.3. The maximum absolute atomic E-state index is 11.1. The van der Waals surface area contributed by atoms with Gasteiger partial charge in [0, 0.05) is 11.3 Å². The molecule has 2 atom stereocenters. The molecule has 0 aliphatic heterocycles. The Morgan fingerprint density at radius 1 is 1.62 bits per heavy atom. The number of alkyl carbamates (subject to hydrolysis) is 1. The van der Waals surface area contributed by atoms with E-state index in [0.29, 0.717) is 17.9 Å². The number of amides is 1. The molecule has 0 aromatic rings. The topological polar surface area (TPSA) is 38.3 Å². The van der Waals surface area contributed by atoms with Crippen LogP contribution in [0.5, 0.6) is 0 Å². The van der Waals surface area contributed by atoms with Crippen LogP contribution in [-0.2, 0) is 4.74 Å². The summed E-state index contributed by atoms with van der Waals surface area (Å²) < 4.78 is 4.82. The highest BCUT2D eigenvalue weighted by molar-refractivity contribution is 7.99. The summed E-state index contributed by atoms with van der Waals surface area (Å²) in [6.45, 7) is 2.27. The van der Waals surface area contributed by atoms with Crippen LogP contribution in [-0.4, -0.2) is 30.2 Å². The zero-order valence-corrected chi connectivity index (χ0v) is 9.02. The van der Waals surface area contributed by atoms with E-state index in [-0.39, 0.29) is 6.09 Å². The zero-order valence-electron chi connectivity index (χ0n) is 8.21. The second-order valence-corrected chi connectivity index (χ2v) is 4.37. The highest BCUT2D eigenvalue weighted by Gasteiger charge is 2.25. The first kappa shape index (κ1) is 10.7. The maximum atomic E-state index is 11.1. The molecule has 0 saturated heterocycles. The van der Waals surface area contributed by atoms with Gasteiger partial charge in [-0.05, 0) is 32.4 Å². The van der Waals surface area contributed by atoms with Crippen molar-refractivity contribution in [1.29, 1.82) is 0 Å². The molecule has 1 aliphatic carbocycles. The Kier molecular flexibility index (Phi) is 4.42. The number of rotatable bonds is 3. The van der Waals surface area contributed by atoms with Gasteiger partial charge in [0.1, 0.15) is 0 Å². The van der Waals surface area contributed by atoms with Crippen molar-refractivity contribution in [3.8, 4) is 0 Å². The molecular formula is C9H17NO2S. The zero-order chi connectivity index (χ0) is 9.68. The molecule has 1 fully saturated rings. The van der Waals surface area contributed by atoms with E-state index in [4.69, 9.17) is 4.74 Å². The molecule has 0 bridgehead atoms. The molecule has 2 unspecified atom stereocenters. The summed E-state index contributed by atoms with van der Waals surface area (Å²) in [7, 11) is 0. The van der Waals surface area contributed by atoms with Gasteiger partial charge in [0.2, 0.25) is 0 Å². The van der Waals surface area contributed by atoms with E-state index in [2.05, 4.69) is 11.6 Å². The van der Waals surface area contributed by atoms with Gasteiger partial charge in [0.05, 0.1) is 6.61 Å². The summed E-state index contributed by atoms with van der Waals surface area (Å²) >= 11 is 1.88. The predicted octanol–water partition coefficient (Wildman–Crippen LogP) is 2.02. The molecule has 1 amide bonds. The summed E-state index contributed by atoms with van der Waals surface area (Å²) in [5.41, 5.74) is 0. The van der Waals surface area contributed by atoms with Crippen molar-refractivity contribution >= 4 is 17.9 Å². The molecule has 0 heterocycles. The first-order valence-electron chi connectivity index (χ1n) is 4.72. The number of hydrogen-bond donors (Lipinski definition) is 1. The van der Waals surface area contributed by atoms with E-state index in [1.165, 1.54) is 6.42 Å². The number of carbonyl (C=O) groups excluding carboxylic acids is 1. The Labute approximate surface area is 83.6 Å². The van der Waals surface area contributed by atoms with Crippen molar-refractivity contribution in [2.45, 2.75) is 37.5 Å². The van der Waals surface area contributed by atoms with Crippen molar-refractivity contribution in [3.05, 3.63) is 0 Å². The molecule has 1 N–H and O–H groups in total. The van der Waals surface area contributed by atoms with E-state index < -0.39 is 0 Å². The van der Waals surface area contributed by atoms with Gasteiger partial charge < -0.3 is 10.1 Å². The average molecular weight is 203 g/mol. The first-order valence-corrected chi connectivity index (χ1v) is 6.01. The fourth-order valence-corrected chi connectivity index (χ4v) is 2.42. The smallest absolute Gasteiger partial charge is 0.407 e. The molecule has 0 aromatic carbocycles. The van der Waals surface area contributed by atoms with Crippen molar-refractivity contribution in [2.75, 3.05) is 12.9 Å². The Balaban J connectivity index is 2.19. The number of carbonyl (C=O) groups is 1. The molecule has 1 aliphatic rings. The van der Waals surface area contributed by atoms with Crippen molar-refractivity contribution in [2.24, 2.45) is 0 Å². The Hall–Kier alpha value is -0.380. The highest BCUT2D eigenvalue weighted by atomic mass is 32.2. The molecule has 13 heavy (non-hydrogen) atoms. The maximum Gasteiger partial charge on any atom is 0.407 e. The molecule has 1 rings (SSSR count). The minimum atomic E-state index is -0.269. The summed E-state index contributed by atoms with van der Waals surface area (Å²) in [5, 5.41) is 3.58. The van der Waals surface area contributed by atoms with Crippen LogP contribution in [0, 0.1) is 0 Å². The van der Waals surface area contributed by atoms with Crippen molar-refractivity contribution < 1.29 is 9.53 Å². The fraction of sp³-hybridized carbons (Fsp3) is 0.889. The van der Waals surface area contributed by atoms with Crippen LogP contribution >= 0.6 is 11.8 Å². The minimum Gasteiger partial charge on any atom is -0.450 e. The van der Waals surface area contributed by atoms with Crippen LogP contribution < -0.4 is 5.32 Å². The molecule has 0 aromatic heterocycles. The van der Waals surface area contributed by atoms with Gasteiger partial charge in [0.25, 0.3) is 0 Å². The second kappa shape index (κ2) is 5.37. The number of nitrogens with one attached hydrogen (secondary N) is 1. The average Bonchev–Trinajstić information content (AvgIpc) is 2.52. The third-order valence-corrected chi connectivity index (χ3v) is 3.41. The molecule has 1 saturated carbocycles. The van der Waals surface area contributed by atoms with Gasteiger partial charge in [-0.1, -0.05) is 0 Å². The van der Waals surface area contributed by atoms with Gasteiger partial charge in [-0.3, -0.25) is 0 Å². The SMILES string of the molecule is CCOC(=O)NC1CCC(SC)C1. The predicted molar refractivity (Wildman–Crippen MR) is 55.1 cm³/mol. The Morgan fingerprint density at radius 2 is 2.38 bits per heavy atom. The molecule has 0 radical (unpaired) electrons. The van der Waals surface area contributed by atoms with E-state index in [9.17, 15) is 4.79 Å². The molecule has 4 heteroatoms. The number of hydrogen-bond acceptors (Lipinski definition) is 3. The van der Waals surface area contributed by atoms with Crippen LogP contribution in [0.2, 0.25) is 0 Å². The minimum absolute atomic E-state index is 0.269. The monoisotopic (exact) mass is 203 g/mol. The summed E-state index contributed by atoms with van der Waals surface area (Å²) in [6.07, 6.45) is 5.23. The van der Waals surface area contributed by atoms with Crippen LogP contribution in [0.4, 0.5) is 4.79 Å². The Bertz CT molecular complexity index is 175. The van der Waals surface area contributed by atoms with E-state index in [1.807, 2.05) is 18.7 Å². The lowest BCUT2D eigenvalue weighted by molar-refractivity contribution is 0.148. The van der Waals surface area contributed by atoms with E-state index in [0.717, 1.165) is 12.8 Å². The lowest BCUT2D eigenvalue weighted by Crippen LogP contribution is -2.33. The van der Waals surface area contributed by atoms with Gasteiger partial charge in [-0.2, -0.15) is 11.8 Å². The molecule has 0 spiro atoms. The molecule has 3 nitrogen and oxygen atoms in total. The lowest BCUT2D eigenvalue weighted by Gasteiger charge is -2.11. The van der Waals surface area contributed by atoms with Crippen LogP contribution in [0.25, 0.3) is 0 Å². The van der Waals surface area contributed by atoms with Gasteiger partial charge in [-0.25, -0.2) is 4.79 Å². The third-order valence-electron chi connectivity index (χ3n) is 2.32. The second-order valence-electron chi connectivity index (χ2n) is 3.23. The molecular weight excluding hydrogens is 186 g/mol. The normalized spacial score (nSPS) is 27.2. The summed E-state index contributed by atoms with van der Waals surface area (Å²) in [4.78, 5) is 11.1. The standard InChI is InChI=1S/C9H17NO2S/c1-3-12-9(11)10-7-4-5-8(6-7)13-2/h7-8H,3-6H2,1-2H3,(H,10,11). The van der Waals surface area contributed by atoms with Crippen LogP contribution in [0.1, 0.15) is 26.2 Å². The van der Waals surface area contributed by atoms with Gasteiger partial charge in [0.15, 0.2) is 0 Å². The van der Waals surface area contributed by atoms with Gasteiger partial charge >= 0.3 is 6.09 Å². The quantitative estimate of drug-likeness (QED) is 0.762. The summed E-state index contributed by atoms with van der Waals surface area (Å²) in [6, 6.07) is 0.330. The van der Waals surface area contributed by atoms with Crippen molar-refractivity contribution in [1.82, 2.24) is 5.32 Å². The fourth-order valence-electron chi connectivity index (χ4n) is 1.62. The van der Waals surface area contributed by atoms with Crippen LogP contribution in [0.3, 0.4) is 0 Å². The highest BCUT2D eigenvalue weighted by Crippen LogP contribution is 2.27. The van der Waals surface area contributed by atoms with E-state index in [1.54, 1.807) is 0 Å². The largest absolute Gasteiger partial charge is 0.450 e. The van der Waals surface area contributed by atoms with Gasteiger partial charge in [-0.15, -0.1) is 0 Å². The number of ether oxygens (including phenoxy) is 1. The number of thioether (sulfide) groups is 1. The first-order chi connectivity index (χ1) is 6.26. The molecule has 76 valence electrons. The van der Waals surface area contributed by atoms with E-state index >= 15 is 0 Å². The summed E-state index contributed by atoms with van der Waals surface area (Å²) in [5.74, 6) is 0.